The topological polar surface area (TPSA) is 88.4 Å². The molecule has 0 fully saturated rings. The first kappa shape index (κ1) is 23.2. The van der Waals surface area contributed by atoms with Crippen molar-refractivity contribution in [2.45, 2.75) is 13.3 Å². The number of amides is 2. The summed E-state index contributed by atoms with van der Waals surface area (Å²) in [5.41, 5.74) is 4.43. The van der Waals surface area contributed by atoms with E-state index in [0.717, 1.165) is 18.7 Å². The van der Waals surface area contributed by atoms with Crippen LogP contribution in [0.1, 0.15) is 21.6 Å². The molecule has 8 heteroatoms. The minimum absolute atomic E-state index is 0.158. The maximum Gasteiger partial charge on any atom is 0.295 e. The molecule has 0 aliphatic carbocycles. The van der Waals surface area contributed by atoms with Crippen molar-refractivity contribution in [2.24, 2.45) is 7.05 Å². The standard InChI is InChI=1S/C28H27N5O3/c1-19-26(28(36)33(31(19)2)23-12-4-3-5-13-23)30-27(35)21-10-8-11-22(17-21)29-25(34)18-32-16-15-20-9-6-7-14-24(20)32/h3-14,17H,15-16,18H2,1-2H3,(H,29,34)(H,30,35). The summed E-state index contributed by atoms with van der Waals surface area (Å²) in [5.74, 6) is -0.584. The predicted molar refractivity (Wildman–Crippen MR) is 141 cm³/mol. The zero-order valence-corrected chi connectivity index (χ0v) is 20.2. The van der Waals surface area contributed by atoms with Crippen LogP contribution in [-0.4, -0.2) is 34.3 Å². The van der Waals surface area contributed by atoms with E-state index in [1.165, 1.54) is 10.2 Å². The molecule has 0 unspecified atom stereocenters. The number of benzene rings is 3. The molecule has 2 amide bonds. The van der Waals surface area contributed by atoms with Crippen LogP contribution in [-0.2, 0) is 18.3 Å². The Morgan fingerprint density at radius 3 is 2.47 bits per heavy atom. The Kier molecular flexibility index (Phi) is 6.16. The predicted octanol–water partition coefficient (Wildman–Crippen LogP) is 3.74. The maximum atomic E-state index is 13.1. The number of hydrogen-bond donors (Lipinski definition) is 2. The van der Waals surface area contributed by atoms with E-state index in [2.05, 4.69) is 21.6 Å². The van der Waals surface area contributed by atoms with Crippen molar-refractivity contribution in [1.29, 1.82) is 0 Å². The Hall–Kier alpha value is -4.59. The first-order valence-electron chi connectivity index (χ1n) is 11.8. The lowest BCUT2D eigenvalue weighted by molar-refractivity contribution is -0.115. The van der Waals surface area contributed by atoms with Gasteiger partial charge in [0.25, 0.3) is 11.5 Å². The molecule has 3 aromatic carbocycles. The maximum absolute atomic E-state index is 13.1. The number of para-hydroxylation sites is 2. The average Bonchev–Trinajstić information content (AvgIpc) is 3.38. The van der Waals surface area contributed by atoms with Crippen LogP contribution in [0.25, 0.3) is 5.69 Å². The summed E-state index contributed by atoms with van der Waals surface area (Å²) in [6.07, 6.45) is 0.921. The van der Waals surface area contributed by atoms with Gasteiger partial charge in [-0.3, -0.25) is 19.1 Å². The largest absolute Gasteiger partial charge is 0.362 e. The average molecular weight is 482 g/mol. The number of aromatic nitrogens is 2. The van der Waals surface area contributed by atoms with Gasteiger partial charge >= 0.3 is 0 Å². The van der Waals surface area contributed by atoms with Crippen molar-refractivity contribution in [1.82, 2.24) is 9.36 Å². The molecule has 2 N–H and O–H groups in total. The summed E-state index contributed by atoms with van der Waals surface area (Å²) in [6, 6.07) is 24.0. The number of fused-ring (bicyclic) bond motifs is 1. The smallest absolute Gasteiger partial charge is 0.295 e. The molecule has 0 spiro atoms. The van der Waals surface area contributed by atoms with E-state index in [-0.39, 0.29) is 23.7 Å². The highest BCUT2D eigenvalue weighted by atomic mass is 16.2. The molecule has 0 saturated heterocycles. The zero-order valence-electron chi connectivity index (χ0n) is 20.2. The second-order valence-corrected chi connectivity index (χ2v) is 8.82. The first-order chi connectivity index (χ1) is 17.4. The number of rotatable bonds is 6. The number of nitrogens with zero attached hydrogens (tertiary/aromatic N) is 3. The Balaban J connectivity index is 1.30. The van der Waals surface area contributed by atoms with Crippen molar-refractivity contribution in [3.63, 3.8) is 0 Å². The van der Waals surface area contributed by atoms with Crippen molar-refractivity contribution >= 4 is 28.9 Å². The molecule has 1 aliphatic rings. The van der Waals surface area contributed by atoms with Crippen molar-refractivity contribution in [2.75, 3.05) is 28.6 Å². The van der Waals surface area contributed by atoms with E-state index in [4.69, 9.17) is 0 Å². The van der Waals surface area contributed by atoms with Crippen LogP contribution >= 0.6 is 0 Å². The molecule has 0 saturated carbocycles. The quantitative estimate of drug-likeness (QED) is 0.439. The van der Waals surface area contributed by atoms with Gasteiger partial charge in [-0.2, -0.15) is 0 Å². The van der Waals surface area contributed by atoms with E-state index in [1.807, 2.05) is 48.5 Å². The zero-order chi connectivity index (χ0) is 25.2. The second-order valence-electron chi connectivity index (χ2n) is 8.82. The lowest BCUT2D eigenvalue weighted by atomic mass is 10.1. The molecule has 8 nitrogen and oxygen atoms in total. The van der Waals surface area contributed by atoms with Crippen LogP contribution in [0.5, 0.6) is 0 Å². The van der Waals surface area contributed by atoms with Gasteiger partial charge in [0.15, 0.2) is 0 Å². The monoisotopic (exact) mass is 481 g/mol. The Morgan fingerprint density at radius 1 is 0.917 bits per heavy atom. The minimum atomic E-state index is -0.425. The lowest BCUT2D eigenvalue weighted by Crippen LogP contribution is -2.31. The van der Waals surface area contributed by atoms with Gasteiger partial charge in [0.05, 0.1) is 17.9 Å². The molecule has 5 rings (SSSR count). The second kappa shape index (κ2) is 9.58. The fourth-order valence-electron chi connectivity index (χ4n) is 4.58. The molecule has 182 valence electrons. The molecule has 2 heterocycles. The number of nitrogens with one attached hydrogen (secondary N) is 2. The molecule has 1 aromatic heterocycles. The highest BCUT2D eigenvalue weighted by Gasteiger charge is 2.21. The SMILES string of the molecule is Cc1c(NC(=O)c2cccc(NC(=O)CN3CCc4ccccc43)c2)c(=O)n(-c2ccccc2)n1C. The highest BCUT2D eigenvalue weighted by Crippen LogP contribution is 2.27. The van der Waals surface area contributed by atoms with E-state index < -0.39 is 5.91 Å². The Bertz CT molecular complexity index is 1500. The molecule has 36 heavy (non-hydrogen) atoms. The van der Waals surface area contributed by atoms with Gasteiger partial charge in [0, 0.05) is 30.5 Å². The van der Waals surface area contributed by atoms with Crippen LogP contribution in [0.15, 0.2) is 83.7 Å². The van der Waals surface area contributed by atoms with Gasteiger partial charge in [-0.1, -0.05) is 42.5 Å². The van der Waals surface area contributed by atoms with Gasteiger partial charge in [-0.05, 0) is 55.3 Å². The van der Waals surface area contributed by atoms with Gasteiger partial charge in [0.2, 0.25) is 5.91 Å². The van der Waals surface area contributed by atoms with Gasteiger partial charge < -0.3 is 15.5 Å². The molecule has 0 atom stereocenters. The summed E-state index contributed by atoms with van der Waals surface area (Å²) in [5, 5.41) is 5.65. The van der Waals surface area contributed by atoms with Crippen molar-refractivity contribution < 1.29 is 9.59 Å². The van der Waals surface area contributed by atoms with Crippen molar-refractivity contribution in [3.05, 3.63) is 106 Å². The molecular weight excluding hydrogens is 454 g/mol. The van der Waals surface area contributed by atoms with Crippen molar-refractivity contribution in [3.8, 4) is 5.69 Å². The van der Waals surface area contributed by atoms with Crippen LogP contribution in [0.3, 0.4) is 0 Å². The molecule has 4 aromatic rings. The van der Waals surface area contributed by atoms with E-state index in [0.29, 0.717) is 22.6 Å². The lowest BCUT2D eigenvalue weighted by Gasteiger charge is -2.18. The minimum Gasteiger partial charge on any atom is -0.362 e. The van der Waals surface area contributed by atoms with Crippen LogP contribution in [0, 0.1) is 6.92 Å². The Morgan fingerprint density at radius 2 is 1.67 bits per heavy atom. The van der Waals surface area contributed by atoms with Gasteiger partial charge in [-0.15, -0.1) is 0 Å². The summed E-state index contributed by atoms with van der Waals surface area (Å²) < 4.78 is 3.22. The molecule has 0 bridgehead atoms. The van der Waals surface area contributed by atoms with Crippen LogP contribution in [0.2, 0.25) is 0 Å². The van der Waals surface area contributed by atoms with E-state index >= 15 is 0 Å². The third-order valence-electron chi connectivity index (χ3n) is 6.52. The normalized spacial score (nSPS) is 12.3. The van der Waals surface area contributed by atoms with E-state index in [1.54, 1.807) is 42.9 Å². The Labute approximate surface area is 208 Å². The molecular formula is C28H27N5O3. The van der Waals surface area contributed by atoms with Crippen LogP contribution in [0.4, 0.5) is 17.1 Å². The summed E-state index contributed by atoms with van der Waals surface area (Å²) >= 11 is 0. The summed E-state index contributed by atoms with van der Waals surface area (Å²) in [7, 11) is 1.77. The molecule has 0 radical (unpaired) electrons. The summed E-state index contributed by atoms with van der Waals surface area (Å²) in [4.78, 5) is 40.9. The number of carbonyl (C=O) groups excluding carboxylic acids is 2. The molecule has 1 aliphatic heterocycles. The number of carbonyl (C=O) groups is 2. The number of hydrogen-bond acceptors (Lipinski definition) is 4. The third-order valence-corrected chi connectivity index (χ3v) is 6.52. The fourth-order valence-corrected chi connectivity index (χ4v) is 4.58. The number of anilines is 3. The third kappa shape index (κ3) is 4.40. The van der Waals surface area contributed by atoms with Gasteiger partial charge in [-0.25, -0.2) is 4.68 Å². The van der Waals surface area contributed by atoms with E-state index in [9.17, 15) is 14.4 Å². The van der Waals surface area contributed by atoms with Crippen LogP contribution < -0.4 is 21.1 Å². The van der Waals surface area contributed by atoms with Gasteiger partial charge in [0.1, 0.15) is 5.69 Å². The first-order valence-corrected chi connectivity index (χ1v) is 11.8. The highest BCUT2D eigenvalue weighted by molar-refractivity contribution is 6.05. The fraction of sp³-hybridized carbons (Fsp3) is 0.179. The summed E-state index contributed by atoms with van der Waals surface area (Å²) in [6.45, 7) is 2.81.